The van der Waals surface area contributed by atoms with E-state index in [9.17, 15) is 28.8 Å². The zero-order chi connectivity index (χ0) is 35.6. The van der Waals surface area contributed by atoms with Gasteiger partial charge in [-0.25, -0.2) is 14.4 Å². The van der Waals surface area contributed by atoms with Gasteiger partial charge in [-0.2, -0.15) is 0 Å². The van der Waals surface area contributed by atoms with E-state index in [-0.39, 0.29) is 42.7 Å². The first kappa shape index (κ1) is 40.5. The summed E-state index contributed by atoms with van der Waals surface area (Å²) in [5, 5.41) is 13.2. The molecule has 0 aliphatic rings. The number of primary amides is 1. The van der Waals surface area contributed by atoms with Crippen molar-refractivity contribution in [3.05, 3.63) is 23.8 Å². The molecule has 0 spiro atoms. The molecule has 0 radical (unpaired) electrons. The van der Waals surface area contributed by atoms with Crippen LogP contribution in [-0.4, -0.2) is 80.3 Å². The SMILES string of the molecule is COC(=O)c1ccc(NC(=O)[C@H](CCCNC(N)=O)NC(=O)[C@@H](NC(C)=O)C(C)C)cc1OCCCCCCNC(=O)OC(C)(C)C. The van der Waals surface area contributed by atoms with Crippen molar-refractivity contribution in [2.75, 3.05) is 32.1 Å². The number of nitrogens with two attached hydrogens (primary N) is 1. The number of benzene rings is 1. The van der Waals surface area contributed by atoms with Crippen LogP contribution >= 0.6 is 0 Å². The maximum atomic E-state index is 13.4. The molecule has 0 unspecified atom stereocenters. The van der Waals surface area contributed by atoms with Crippen molar-refractivity contribution in [3.63, 3.8) is 0 Å². The van der Waals surface area contributed by atoms with Crippen LogP contribution in [0.25, 0.3) is 0 Å². The highest BCUT2D eigenvalue weighted by atomic mass is 16.6. The normalized spacial score (nSPS) is 12.3. The van der Waals surface area contributed by atoms with Gasteiger partial charge in [-0.3, -0.25) is 14.4 Å². The van der Waals surface area contributed by atoms with Crippen molar-refractivity contribution < 1.29 is 43.0 Å². The molecule has 47 heavy (non-hydrogen) atoms. The molecule has 15 heteroatoms. The summed E-state index contributed by atoms with van der Waals surface area (Å²) in [5.41, 5.74) is 5.05. The lowest BCUT2D eigenvalue weighted by Crippen LogP contribution is -2.54. The summed E-state index contributed by atoms with van der Waals surface area (Å²) in [6, 6.07) is 1.87. The minimum absolute atomic E-state index is 0.152. The number of alkyl carbamates (subject to hydrolysis) is 1. The number of hydrogen-bond donors (Lipinski definition) is 6. The third kappa shape index (κ3) is 17.1. The topological polar surface area (TPSA) is 216 Å². The number of urea groups is 1. The Bertz CT molecular complexity index is 1220. The second kappa shape index (κ2) is 20.5. The number of carbonyl (C=O) groups excluding carboxylic acids is 6. The van der Waals surface area contributed by atoms with Gasteiger partial charge in [0.25, 0.3) is 0 Å². The van der Waals surface area contributed by atoms with Crippen LogP contribution in [0.2, 0.25) is 0 Å². The van der Waals surface area contributed by atoms with Gasteiger partial charge >= 0.3 is 18.1 Å². The standard InChI is InChI=1S/C32H52N6O9/c1-20(2)26(36-21(3)39)28(41)38-24(13-12-17-34-30(33)43)27(40)37-22-14-15-23(29(42)45-7)25(19-22)46-18-11-9-8-10-16-35-31(44)47-32(4,5)6/h14-15,19-20,24,26H,8-13,16-18H2,1-7H3,(H,35,44)(H,36,39)(H,37,40)(H,38,41)(H3,33,34,43)/t24-,26-/m0/s1. The smallest absolute Gasteiger partial charge is 0.407 e. The minimum atomic E-state index is -1.03. The predicted molar refractivity (Wildman–Crippen MR) is 176 cm³/mol. The Hall–Kier alpha value is -4.56. The molecule has 7 N–H and O–H groups in total. The van der Waals surface area contributed by atoms with Gasteiger partial charge in [0.1, 0.15) is 29.0 Å². The molecule has 0 aliphatic carbocycles. The van der Waals surface area contributed by atoms with Gasteiger partial charge in [0, 0.05) is 31.8 Å². The average Bonchev–Trinajstić information content (AvgIpc) is 2.97. The van der Waals surface area contributed by atoms with Gasteiger partial charge in [-0.05, 0) is 64.5 Å². The van der Waals surface area contributed by atoms with E-state index in [0.717, 1.165) is 19.3 Å². The van der Waals surface area contributed by atoms with Gasteiger partial charge < -0.3 is 46.5 Å². The Morgan fingerprint density at radius 3 is 2.13 bits per heavy atom. The van der Waals surface area contributed by atoms with Crippen LogP contribution < -0.4 is 37.1 Å². The molecule has 2 atom stereocenters. The summed E-state index contributed by atoms with van der Waals surface area (Å²) in [5.74, 6) is -2.14. The molecule has 15 nitrogen and oxygen atoms in total. The summed E-state index contributed by atoms with van der Waals surface area (Å²) >= 11 is 0. The van der Waals surface area contributed by atoms with Crippen LogP contribution in [0, 0.1) is 5.92 Å². The van der Waals surface area contributed by atoms with Crippen LogP contribution in [0.3, 0.4) is 0 Å². The molecule has 0 saturated heterocycles. The van der Waals surface area contributed by atoms with E-state index in [1.807, 2.05) is 0 Å². The third-order valence-electron chi connectivity index (χ3n) is 6.56. The first-order valence-electron chi connectivity index (χ1n) is 15.8. The van der Waals surface area contributed by atoms with E-state index in [0.29, 0.717) is 25.1 Å². The minimum Gasteiger partial charge on any atom is -0.493 e. The van der Waals surface area contributed by atoms with Crippen LogP contribution in [0.5, 0.6) is 5.75 Å². The maximum Gasteiger partial charge on any atom is 0.407 e. The van der Waals surface area contributed by atoms with Gasteiger partial charge in [0.2, 0.25) is 17.7 Å². The molecular weight excluding hydrogens is 612 g/mol. The number of hydrogen-bond acceptors (Lipinski definition) is 9. The maximum absolute atomic E-state index is 13.4. The number of rotatable bonds is 19. The van der Waals surface area contributed by atoms with E-state index >= 15 is 0 Å². The van der Waals surface area contributed by atoms with Crippen molar-refractivity contribution in [3.8, 4) is 5.75 Å². The number of ether oxygens (including phenoxy) is 3. The Morgan fingerprint density at radius 1 is 0.872 bits per heavy atom. The summed E-state index contributed by atoms with van der Waals surface area (Å²) in [6.07, 6.45) is 3.08. The first-order valence-corrected chi connectivity index (χ1v) is 15.8. The summed E-state index contributed by atoms with van der Waals surface area (Å²) in [4.78, 5) is 73.3. The molecule has 1 aromatic carbocycles. The van der Waals surface area contributed by atoms with Crippen LogP contribution in [0.4, 0.5) is 15.3 Å². The average molecular weight is 665 g/mol. The Morgan fingerprint density at radius 2 is 1.53 bits per heavy atom. The molecule has 0 saturated carbocycles. The predicted octanol–water partition coefficient (Wildman–Crippen LogP) is 2.97. The molecule has 0 fully saturated rings. The van der Waals surface area contributed by atoms with Crippen LogP contribution in [-0.2, 0) is 23.9 Å². The summed E-state index contributed by atoms with van der Waals surface area (Å²) < 4.78 is 16.0. The van der Waals surface area contributed by atoms with E-state index in [4.69, 9.17) is 19.9 Å². The fraction of sp³-hybridized carbons (Fsp3) is 0.625. The van der Waals surface area contributed by atoms with Crippen molar-refractivity contribution in [1.29, 1.82) is 0 Å². The number of esters is 1. The molecule has 1 rings (SSSR count). The molecule has 264 valence electrons. The highest BCUT2D eigenvalue weighted by Crippen LogP contribution is 2.25. The van der Waals surface area contributed by atoms with E-state index < -0.39 is 47.6 Å². The van der Waals surface area contributed by atoms with Crippen molar-refractivity contribution in [2.24, 2.45) is 11.7 Å². The van der Waals surface area contributed by atoms with Gasteiger partial charge in [-0.1, -0.05) is 26.7 Å². The Labute approximate surface area is 276 Å². The molecule has 6 amide bonds. The summed E-state index contributed by atoms with van der Waals surface area (Å²) in [6.45, 7) is 11.2. The fourth-order valence-electron chi connectivity index (χ4n) is 4.30. The number of anilines is 1. The van der Waals surface area contributed by atoms with Crippen molar-refractivity contribution >= 4 is 41.5 Å². The monoisotopic (exact) mass is 664 g/mol. The number of amides is 6. The van der Waals surface area contributed by atoms with Gasteiger partial charge in [0.05, 0.1) is 13.7 Å². The zero-order valence-electron chi connectivity index (χ0n) is 28.6. The van der Waals surface area contributed by atoms with Crippen LogP contribution in [0.1, 0.15) is 90.4 Å². The third-order valence-corrected chi connectivity index (χ3v) is 6.56. The van der Waals surface area contributed by atoms with Crippen LogP contribution in [0.15, 0.2) is 18.2 Å². The molecule has 0 heterocycles. The number of nitrogens with one attached hydrogen (secondary N) is 5. The highest BCUT2D eigenvalue weighted by Gasteiger charge is 2.28. The largest absolute Gasteiger partial charge is 0.493 e. The highest BCUT2D eigenvalue weighted by molar-refractivity contribution is 5.99. The lowest BCUT2D eigenvalue weighted by Gasteiger charge is -2.25. The number of unbranched alkanes of at least 4 members (excludes halogenated alkanes) is 3. The van der Waals surface area contributed by atoms with E-state index in [1.54, 1.807) is 34.6 Å². The molecule has 0 bridgehead atoms. The molecule has 0 aliphatic heterocycles. The van der Waals surface area contributed by atoms with Gasteiger partial charge in [0.15, 0.2) is 0 Å². The zero-order valence-corrected chi connectivity index (χ0v) is 28.6. The van der Waals surface area contributed by atoms with Crippen molar-refractivity contribution in [1.82, 2.24) is 21.3 Å². The quantitative estimate of drug-likeness (QED) is 0.0945. The lowest BCUT2D eigenvalue weighted by molar-refractivity contribution is -0.131. The second-order valence-corrected chi connectivity index (χ2v) is 12.3. The number of carbonyl (C=O) groups is 6. The Balaban J connectivity index is 2.90. The Kier molecular flexibility index (Phi) is 17.7. The first-order chi connectivity index (χ1) is 22.0. The second-order valence-electron chi connectivity index (χ2n) is 12.3. The molecule has 0 aromatic heterocycles. The molecular formula is C32H52N6O9. The van der Waals surface area contributed by atoms with Crippen molar-refractivity contribution in [2.45, 2.75) is 97.8 Å². The number of methoxy groups -OCH3 is 1. The summed E-state index contributed by atoms with van der Waals surface area (Å²) in [7, 11) is 1.25. The van der Waals surface area contributed by atoms with E-state index in [2.05, 4.69) is 26.6 Å². The molecule has 1 aromatic rings. The lowest BCUT2D eigenvalue weighted by atomic mass is 10.0. The fourth-order valence-corrected chi connectivity index (χ4v) is 4.30. The van der Waals surface area contributed by atoms with E-state index in [1.165, 1.54) is 32.2 Å². The van der Waals surface area contributed by atoms with Gasteiger partial charge in [-0.15, -0.1) is 0 Å².